The third kappa shape index (κ3) is 3.27. The molecule has 4 nitrogen and oxygen atoms in total. The highest BCUT2D eigenvalue weighted by atomic mass is 35.5. The highest BCUT2D eigenvalue weighted by molar-refractivity contribution is 7.92. The molecule has 2 rings (SSSR count). The van der Waals surface area contributed by atoms with Crippen molar-refractivity contribution in [2.45, 2.75) is 11.5 Å². The second-order valence-corrected chi connectivity index (χ2v) is 6.11. The molecule has 0 saturated heterocycles. The third-order valence-corrected chi connectivity index (χ3v) is 4.35. The molecule has 0 aliphatic heterocycles. The van der Waals surface area contributed by atoms with Crippen LogP contribution in [0, 0.1) is 5.82 Å². The van der Waals surface area contributed by atoms with Crippen LogP contribution in [0.1, 0.15) is 5.56 Å². The number of hydrogen-bond acceptors (Lipinski definition) is 3. The van der Waals surface area contributed by atoms with Gasteiger partial charge >= 0.3 is 0 Å². The molecule has 0 radical (unpaired) electrons. The van der Waals surface area contributed by atoms with Crippen molar-refractivity contribution >= 4 is 27.3 Å². The summed E-state index contributed by atoms with van der Waals surface area (Å²) in [6.07, 6.45) is 0. The van der Waals surface area contributed by atoms with Crippen LogP contribution in [-0.4, -0.2) is 13.5 Å². The van der Waals surface area contributed by atoms with Crippen LogP contribution in [0.15, 0.2) is 47.4 Å². The van der Waals surface area contributed by atoms with E-state index in [1.165, 1.54) is 30.3 Å². The van der Waals surface area contributed by atoms with Crippen molar-refractivity contribution in [1.82, 2.24) is 0 Å². The van der Waals surface area contributed by atoms with Crippen molar-refractivity contribution in [2.24, 2.45) is 0 Å². The summed E-state index contributed by atoms with van der Waals surface area (Å²) in [7, 11) is -3.80. The van der Waals surface area contributed by atoms with E-state index in [1.807, 2.05) is 0 Å². The Bertz CT molecular complexity index is 717. The van der Waals surface area contributed by atoms with Gasteiger partial charge in [-0.15, -0.1) is 0 Å². The highest BCUT2D eigenvalue weighted by Gasteiger charge is 2.14. The minimum atomic E-state index is -3.80. The van der Waals surface area contributed by atoms with Gasteiger partial charge in [0.05, 0.1) is 17.2 Å². The van der Waals surface area contributed by atoms with E-state index < -0.39 is 15.8 Å². The Balaban J connectivity index is 2.28. The molecule has 7 heteroatoms. The van der Waals surface area contributed by atoms with Crippen molar-refractivity contribution < 1.29 is 17.9 Å². The lowest BCUT2D eigenvalue weighted by molar-refractivity contribution is 0.282. The van der Waals surface area contributed by atoms with Gasteiger partial charge in [0.15, 0.2) is 0 Å². The first-order valence-corrected chi connectivity index (χ1v) is 7.46. The van der Waals surface area contributed by atoms with Gasteiger partial charge < -0.3 is 5.11 Å². The smallest absolute Gasteiger partial charge is 0.261 e. The molecule has 2 N–H and O–H groups in total. The summed E-state index contributed by atoms with van der Waals surface area (Å²) in [5.41, 5.74) is 0.757. The topological polar surface area (TPSA) is 66.4 Å². The van der Waals surface area contributed by atoms with E-state index >= 15 is 0 Å². The van der Waals surface area contributed by atoms with Gasteiger partial charge in [0.2, 0.25) is 0 Å². The summed E-state index contributed by atoms with van der Waals surface area (Å²) in [4.78, 5) is -0.0544. The number of aliphatic hydroxyl groups is 1. The lowest BCUT2D eigenvalue weighted by atomic mass is 10.2. The molecule has 0 saturated carbocycles. The molecule has 0 heterocycles. The maximum Gasteiger partial charge on any atom is 0.261 e. The number of halogens is 2. The van der Waals surface area contributed by atoms with E-state index in [1.54, 1.807) is 0 Å². The van der Waals surface area contributed by atoms with Gasteiger partial charge in [0, 0.05) is 5.02 Å². The van der Waals surface area contributed by atoms with E-state index in [0.29, 0.717) is 5.56 Å². The number of nitrogens with one attached hydrogen (secondary N) is 1. The van der Waals surface area contributed by atoms with E-state index in [2.05, 4.69) is 4.72 Å². The molecule has 0 bridgehead atoms. The molecule has 0 aliphatic rings. The summed E-state index contributed by atoms with van der Waals surface area (Å²) in [5.74, 6) is -0.515. The summed E-state index contributed by atoms with van der Waals surface area (Å²) in [5, 5.41) is 9.24. The number of sulfonamides is 1. The van der Waals surface area contributed by atoms with Crippen LogP contribution in [-0.2, 0) is 16.6 Å². The quantitative estimate of drug-likeness (QED) is 0.911. The Kier molecular flexibility index (Phi) is 4.27. The van der Waals surface area contributed by atoms with Gasteiger partial charge in [-0.1, -0.05) is 17.7 Å². The first kappa shape index (κ1) is 14.8. The minimum Gasteiger partial charge on any atom is -0.392 e. The largest absolute Gasteiger partial charge is 0.392 e. The second kappa shape index (κ2) is 5.78. The first-order chi connectivity index (χ1) is 9.42. The number of benzene rings is 2. The van der Waals surface area contributed by atoms with E-state index in [9.17, 15) is 12.8 Å². The molecular weight excluding hydrogens is 305 g/mol. The van der Waals surface area contributed by atoms with Gasteiger partial charge in [-0.2, -0.15) is 0 Å². The van der Waals surface area contributed by atoms with Crippen molar-refractivity contribution in [3.05, 3.63) is 58.9 Å². The van der Waals surface area contributed by atoms with Gasteiger partial charge in [-0.05, 0) is 42.0 Å². The summed E-state index contributed by atoms with van der Waals surface area (Å²) in [6.45, 7) is -0.232. The summed E-state index contributed by atoms with van der Waals surface area (Å²) in [6, 6.07) is 8.87. The SMILES string of the molecule is O=S(=O)(Nc1ccc(CO)c(Cl)c1)c1ccc(F)cc1. The van der Waals surface area contributed by atoms with Gasteiger partial charge in [-0.25, -0.2) is 12.8 Å². The lowest BCUT2D eigenvalue weighted by Crippen LogP contribution is -2.13. The van der Waals surface area contributed by atoms with Gasteiger partial charge in [0.25, 0.3) is 10.0 Å². The Labute approximate surface area is 120 Å². The summed E-state index contributed by atoms with van der Waals surface area (Å²) >= 11 is 5.88. The fraction of sp³-hybridized carbons (Fsp3) is 0.0769. The van der Waals surface area contributed by atoms with E-state index in [0.717, 1.165) is 12.1 Å². The van der Waals surface area contributed by atoms with E-state index in [4.69, 9.17) is 16.7 Å². The molecule has 0 unspecified atom stereocenters. The average Bonchev–Trinajstić information content (AvgIpc) is 2.39. The molecule has 2 aromatic carbocycles. The first-order valence-electron chi connectivity index (χ1n) is 5.60. The number of rotatable bonds is 4. The normalized spacial score (nSPS) is 11.3. The molecule has 0 aliphatic carbocycles. The highest BCUT2D eigenvalue weighted by Crippen LogP contribution is 2.23. The van der Waals surface area contributed by atoms with Crippen LogP contribution in [0.2, 0.25) is 5.02 Å². The predicted octanol–water partition coefficient (Wildman–Crippen LogP) is 2.77. The maximum atomic E-state index is 12.8. The fourth-order valence-corrected chi connectivity index (χ4v) is 2.86. The zero-order chi connectivity index (χ0) is 14.8. The molecule has 20 heavy (non-hydrogen) atoms. The number of hydrogen-bond donors (Lipinski definition) is 2. The minimum absolute atomic E-state index is 0.0544. The Morgan fingerprint density at radius 2 is 1.80 bits per heavy atom. The molecular formula is C13H11ClFNO3S. The lowest BCUT2D eigenvalue weighted by Gasteiger charge is -2.09. The standard InChI is InChI=1S/C13H11ClFNO3S/c14-13-7-11(4-1-9(13)8-17)16-20(18,19)12-5-2-10(15)3-6-12/h1-7,16-17H,8H2. The zero-order valence-corrected chi connectivity index (χ0v) is 11.7. The van der Waals surface area contributed by atoms with Crippen LogP contribution in [0.4, 0.5) is 10.1 Å². The van der Waals surface area contributed by atoms with E-state index in [-0.39, 0.29) is 22.2 Å². The van der Waals surface area contributed by atoms with Crippen molar-refractivity contribution in [1.29, 1.82) is 0 Å². The monoisotopic (exact) mass is 315 g/mol. The van der Waals surface area contributed by atoms with Crippen LogP contribution in [0.3, 0.4) is 0 Å². The van der Waals surface area contributed by atoms with Crippen molar-refractivity contribution in [3.63, 3.8) is 0 Å². The van der Waals surface area contributed by atoms with Crippen LogP contribution in [0.5, 0.6) is 0 Å². The third-order valence-electron chi connectivity index (χ3n) is 2.60. The van der Waals surface area contributed by atoms with Gasteiger partial charge in [0.1, 0.15) is 5.82 Å². The number of aliphatic hydroxyl groups excluding tert-OH is 1. The Morgan fingerprint density at radius 1 is 1.15 bits per heavy atom. The Hall–Kier alpha value is -1.63. The molecule has 106 valence electrons. The average molecular weight is 316 g/mol. The van der Waals surface area contributed by atoms with Crippen molar-refractivity contribution in [3.8, 4) is 0 Å². The predicted molar refractivity (Wildman–Crippen MR) is 74.6 cm³/mol. The maximum absolute atomic E-state index is 12.8. The van der Waals surface area contributed by atoms with Gasteiger partial charge in [-0.3, -0.25) is 4.72 Å². The van der Waals surface area contributed by atoms with Crippen LogP contribution >= 0.6 is 11.6 Å². The summed E-state index contributed by atoms with van der Waals surface area (Å²) < 4.78 is 39.2. The second-order valence-electron chi connectivity index (χ2n) is 4.02. The zero-order valence-electron chi connectivity index (χ0n) is 10.2. The molecule has 0 fully saturated rings. The number of anilines is 1. The molecule has 0 amide bonds. The molecule has 0 spiro atoms. The molecule has 0 aromatic heterocycles. The molecule has 2 aromatic rings. The fourth-order valence-electron chi connectivity index (χ4n) is 1.57. The van der Waals surface area contributed by atoms with Crippen LogP contribution in [0.25, 0.3) is 0 Å². The van der Waals surface area contributed by atoms with Crippen molar-refractivity contribution in [2.75, 3.05) is 4.72 Å². The molecule has 0 atom stereocenters. The van der Waals surface area contributed by atoms with Crippen LogP contribution < -0.4 is 4.72 Å². The Morgan fingerprint density at radius 3 is 2.35 bits per heavy atom.